The van der Waals surface area contributed by atoms with Gasteiger partial charge in [-0.1, -0.05) is 45.4 Å². The van der Waals surface area contributed by atoms with Gasteiger partial charge in [-0.3, -0.25) is 9.59 Å². The van der Waals surface area contributed by atoms with Crippen molar-refractivity contribution in [2.45, 2.75) is 83.8 Å². The largest absolute Gasteiger partial charge is 0.508 e. The number of allylic oxidation sites excluding steroid dienone is 3. The number of carbonyl (C=O) groups is 1. The first-order valence-corrected chi connectivity index (χ1v) is 15.7. The van der Waals surface area contributed by atoms with Crippen LogP contribution in [0.15, 0.2) is 63.0 Å². The van der Waals surface area contributed by atoms with E-state index in [1.54, 1.807) is 0 Å². The minimum atomic E-state index is -1.49. The van der Waals surface area contributed by atoms with Crippen LogP contribution >= 0.6 is 0 Å². The van der Waals surface area contributed by atoms with E-state index in [4.69, 9.17) is 9.15 Å². The number of hydrogen-bond acceptors (Lipinski definition) is 8. The minimum Gasteiger partial charge on any atom is -0.508 e. The summed E-state index contributed by atoms with van der Waals surface area (Å²) in [5.41, 5.74) is -0.566. The van der Waals surface area contributed by atoms with Crippen LogP contribution in [0.3, 0.4) is 0 Å². The second kappa shape index (κ2) is 10.3. The average Bonchev–Trinajstić information content (AvgIpc) is 2.94. The highest BCUT2D eigenvalue weighted by Crippen LogP contribution is 2.64. The molecule has 0 aliphatic heterocycles. The van der Waals surface area contributed by atoms with E-state index in [0.29, 0.717) is 19.3 Å². The summed E-state index contributed by atoms with van der Waals surface area (Å²) >= 11 is 0. The number of fused-ring (bicyclic) bond motifs is 3. The second-order valence-corrected chi connectivity index (χ2v) is 14.6. The Labute approximate surface area is 257 Å². The summed E-state index contributed by atoms with van der Waals surface area (Å²) in [6.07, 6.45) is 6.08. The predicted molar refractivity (Wildman–Crippen MR) is 166 cm³/mol. The first-order chi connectivity index (χ1) is 20.7. The fourth-order valence-electron chi connectivity index (χ4n) is 9.87. The Kier molecular flexibility index (Phi) is 7.21. The van der Waals surface area contributed by atoms with Crippen LogP contribution in [0.25, 0.3) is 11.0 Å². The van der Waals surface area contributed by atoms with Crippen molar-refractivity contribution in [2.75, 3.05) is 7.11 Å². The lowest BCUT2D eigenvalue weighted by molar-refractivity contribution is -0.133. The van der Waals surface area contributed by atoms with Gasteiger partial charge >= 0.3 is 0 Å². The van der Waals surface area contributed by atoms with Gasteiger partial charge < -0.3 is 29.6 Å². The van der Waals surface area contributed by atoms with Gasteiger partial charge in [-0.25, -0.2) is 0 Å². The van der Waals surface area contributed by atoms with Crippen molar-refractivity contribution >= 4 is 16.8 Å². The van der Waals surface area contributed by atoms with Gasteiger partial charge in [-0.05, 0) is 67.3 Å². The molecule has 0 bridgehead atoms. The highest BCUT2D eigenvalue weighted by molar-refractivity contribution is 6.01. The normalized spacial score (nSPS) is 36.7. The number of phenolic OH excluding ortho intramolecular Hbond substituents is 2. The lowest BCUT2D eigenvalue weighted by Crippen LogP contribution is -2.59. The minimum absolute atomic E-state index is 0.0205. The first-order valence-electron chi connectivity index (χ1n) is 15.7. The Morgan fingerprint density at radius 1 is 1.07 bits per heavy atom. The fraction of sp³-hybridized carbons (Fsp3) is 0.556. The topological polar surface area (TPSA) is 137 Å². The molecule has 0 spiro atoms. The first kappa shape index (κ1) is 30.7. The van der Waals surface area contributed by atoms with Gasteiger partial charge in [-0.2, -0.15) is 0 Å². The van der Waals surface area contributed by atoms with Crippen molar-refractivity contribution in [3.05, 3.63) is 69.8 Å². The monoisotopic (exact) mass is 604 g/mol. The molecule has 44 heavy (non-hydrogen) atoms. The van der Waals surface area contributed by atoms with Gasteiger partial charge in [0, 0.05) is 36.1 Å². The van der Waals surface area contributed by atoms with Crippen LogP contribution in [-0.2, 0) is 14.9 Å². The lowest BCUT2D eigenvalue weighted by atomic mass is 9.44. The van der Waals surface area contributed by atoms with Crippen molar-refractivity contribution in [1.82, 2.24) is 0 Å². The molecule has 2 saturated carbocycles. The molecule has 6 rings (SSSR count). The molecule has 2 aromatic rings. The number of benzene rings is 1. The number of aliphatic hydroxyl groups excluding tert-OH is 2. The zero-order valence-corrected chi connectivity index (χ0v) is 26.2. The summed E-state index contributed by atoms with van der Waals surface area (Å²) in [6, 6.07) is 3.58. The summed E-state index contributed by atoms with van der Waals surface area (Å²) in [5.74, 6) is -1.96. The van der Waals surface area contributed by atoms with E-state index >= 15 is 0 Å². The third kappa shape index (κ3) is 4.24. The van der Waals surface area contributed by atoms with E-state index in [1.807, 2.05) is 13.0 Å². The van der Waals surface area contributed by atoms with E-state index in [9.17, 15) is 30.0 Å². The summed E-state index contributed by atoms with van der Waals surface area (Å²) in [7, 11) is 1.41. The zero-order chi connectivity index (χ0) is 31.9. The number of ether oxygens (including phenoxy) is 1. The molecule has 8 atom stereocenters. The highest BCUT2D eigenvalue weighted by atomic mass is 16.5. The van der Waals surface area contributed by atoms with Crippen molar-refractivity contribution in [1.29, 1.82) is 0 Å². The summed E-state index contributed by atoms with van der Waals surface area (Å²) < 4.78 is 11.8. The van der Waals surface area contributed by atoms with Gasteiger partial charge in [0.1, 0.15) is 45.5 Å². The Morgan fingerprint density at radius 2 is 1.80 bits per heavy atom. The number of hydrogen-bond donors (Lipinski definition) is 4. The molecule has 4 N–H and O–H groups in total. The van der Waals surface area contributed by atoms with Crippen molar-refractivity contribution in [3.63, 3.8) is 0 Å². The van der Waals surface area contributed by atoms with Gasteiger partial charge in [0.15, 0.2) is 11.2 Å². The Hall–Kier alpha value is -3.36. The number of aliphatic hydroxyl groups is 2. The molecular weight excluding hydrogens is 560 g/mol. The number of methoxy groups -OCH3 is 1. The molecule has 0 radical (unpaired) electrons. The predicted octanol–water partition coefficient (Wildman–Crippen LogP) is 5.66. The van der Waals surface area contributed by atoms with Crippen LogP contribution in [0.1, 0.15) is 72.0 Å². The summed E-state index contributed by atoms with van der Waals surface area (Å²) in [6.45, 7) is 13.3. The zero-order valence-electron chi connectivity index (χ0n) is 26.2. The van der Waals surface area contributed by atoms with E-state index in [0.717, 1.165) is 36.5 Å². The molecule has 2 fully saturated rings. The SMILES string of the molecule is C=C1[C@@H](O)C[C@H]2C(C)(C)CCC[C@]2(C)[C@H]1C[C@@H]1C(C)=CC[C@H]2C(O)C(OC)=CC(=O)[C@@]12c1cc(=O)c2c(O)cc(O)cc2o1. The van der Waals surface area contributed by atoms with Crippen molar-refractivity contribution in [3.8, 4) is 11.5 Å². The maximum atomic E-state index is 14.6. The van der Waals surface area contributed by atoms with Crippen LogP contribution in [-0.4, -0.2) is 45.5 Å². The maximum Gasteiger partial charge on any atom is 0.196 e. The van der Waals surface area contributed by atoms with Crippen LogP contribution in [0, 0.1) is 34.5 Å². The van der Waals surface area contributed by atoms with Gasteiger partial charge in [-0.15, -0.1) is 0 Å². The Morgan fingerprint density at radius 3 is 2.50 bits per heavy atom. The highest BCUT2D eigenvalue weighted by Gasteiger charge is 2.63. The maximum absolute atomic E-state index is 14.6. The third-order valence-corrected chi connectivity index (χ3v) is 12.0. The van der Waals surface area contributed by atoms with Crippen LogP contribution in [0.5, 0.6) is 11.5 Å². The summed E-state index contributed by atoms with van der Waals surface area (Å²) in [5, 5.41) is 43.6. The van der Waals surface area contributed by atoms with Gasteiger partial charge in [0.05, 0.1) is 13.2 Å². The lowest BCUT2D eigenvalue weighted by Gasteiger charge is -2.60. The number of phenols is 2. The van der Waals surface area contributed by atoms with Gasteiger partial charge in [0.2, 0.25) is 0 Å². The quantitative estimate of drug-likeness (QED) is 0.328. The molecular formula is C36H44O8. The van der Waals surface area contributed by atoms with E-state index in [2.05, 4.69) is 27.4 Å². The molecule has 236 valence electrons. The fourth-order valence-corrected chi connectivity index (χ4v) is 9.87. The average molecular weight is 605 g/mol. The van der Waals surface area contributed by atoms with E-state index < -0.39 is 40.6 Å². The molecule has 1 unspecified atom stereocenters. The molecule has 8 heteroatoms. The van der Waals surface area contributed by atoms with Gasteiger partial charge in [0.25, 0.3) is 0 Å². The molecule has 1 aromatic heterocycles. The molecule has 0 saturated heterocycles. The smallest absolute Gasteiger partial charge is 0.196 e. The molecule has 8 nitrogen and oxygen atoms in total. The second-order valence-electron chi connectivity index (χ2n) is 14.6. The molecule has 4 aliphatic carbocycles. The summed E-state index contributed by atoms with van der Waals surface area (Å²) in [4.78, 5) is 28.2. The number of aromatic hydroxyl groups is 2. The van der Waals surface area contributed by atoms with E-state index in [-0.39, 0.29) is 56.7 Å². The number of ketones is 1. The Bertz CT molecular complexity index is 1660. The molecule has 1 heterocycles. The van der Waals surface area contributed by atoms with Crippen LogP contribution in [0.4, 0.5) is 0 Å². The van der Waals surface area contributed by atoms with Crippen molar-refractivity contribution in [2.24, 2.45) is 34.5 Å². The number of carbonyl (C=O) groups excluding carboxylic acids is 1. The standard InChI is InChI=1S/C36H44O8/c1-18-8-9-21-33(42)28(43-6)17-30(41)36(21,31-16-26(40)32-25(39)12-20(37)13-27(32)44-31)22(18)14-23-19(2)24(38)15-29-34(3,4)10-7-11-35(23,29)5/h8,12-13,16-17,21-24,29,33,37-39,42H,2,7,9-11,14-15H2,1,3-6H3/t21-,22+,23-,24-,29-,33?,35+,36-/m0/s1. The molecule has 4 aliphatic rings. The Balaban J connectivity index is 1.59. The third-order valence-electron chi connectivity index (χ3n) is 12.0. The van der Waals surface area contributed by atoms with E-state index in [1.165, 1.54) is 25.3 Å². The molecule has 1 aromatic carbocycles. The molecule has 0 amide bonds. The van der Waals surface area contributed by atoms with Crippen LogP contribution in [0.2, 0.25) is 0 Å². The number of rotatable bonds is 4. The van der Waals surface area contributed by atoms with Crippen LogP contribution < -0.4 is 5.43 Å². The van der Waals surface area contributed by atoms with Crippen molar-refractivity contribution < 1.29 is 34.4 Å².